The Morgan fingerprint density at radius 2 is 1.72 bits per heavy atom. The van der Waals surface area contributed by atoms with Crippen molar-refractivity contribution in [3.05, 3.63) is 48.0 Å². The van der Waals surface area contributed by atoms with Crippen molar-refractivity contribution in [2.75, 3.05) is 47.0 Å². The van der Waals surface area contributed by atoms with Crippen molar-refractivity contribution < 1.29 is 33.0 Å². The second-order valence-corrected chi connectivity index (χ2v) is 13.1. The SMILES string of the molecule is CCOC(=O)CC(=O)N(c1ccc(N2CCC(NC[C@@H](O)c3ccc(O)c(NS(C)(=O)=O)c3)CC2)cc1)C1CCCCC1. The predicted molar refractivity (Wildman–Crippen MR) is 167 cm³/mol. The Hall–Kier alpha value is -3.35. The largest absolute Gasteiger partial charge is 0.506 e. The molecule has 0 aromatic heterocycles. The van der Waals surface area contributed by atoms with E-state index in [-0.39, 0.29) is 42.5 Å². The second-order valence-electron chi connectivity index (χ2n) is 11.4. The number of nitrogens with one attached hydrogen (secondary N) is 2. The number of aromatic hydroxyl groups is 1. The van der Waals surface area contributed by atoms with E-state index in [2.05, 4.69) is 14.9 Å². The molecule has 2 aromatic rings. The van der Waals surface area contributed by atoms with Crippen LogP contribution in [0.4, 0.5) is 17.1 Å². The Balaban J connectivity index is 1.31. The number of ether oxygens (including phenoxy) is 1. The summed E-state index contributed by atoms with van der Waals surface area (Å²) in [4.78, 5) is 29.3. The van der Waals surface area contributed by atoms with E-state index in [0.29, 0.717) is 12.1 Å². The number of amides is 1. The third-order valence-corrected chi connectivity index (χ3v) is 8.69. The number of hydrogen-bond acceptors (Lipinski definition) is 9. The molecule has 11 nitrogen and oxygen atoms in total. The number of esters is 1. The van der Waals surface area contributed by atoms with Gasteiger partial charge in [-0.05, 0) is 74.6 Å². The van der Waals surface area contributed by atoms with Crippen LogP contribution in [0.5, 0.6) is 5.75 Å². The molecule has 0 unspecified atom stereocenters. The summed E-state index contributed by atoms with van der Waals surface area (Å²) in [5.41, 5.74) is 2.40. The molecule has 1 atom stereocenters. The highest BCUT2D eigenvalue weighted by Gasteiger charge is 2.29. The van der Waals surface area contributed by atoms with Crippen LogP contribution in [-0.4, -0.2) is 75.1 Å². The van der Waals surface area contributed by atoms with Crippen molar-refractivity contribution in [2.24, 2.45) is 0 Å². The molecular weight excluding hydrogens is 572 g/mol. The van der Waals surface area contributed by atoms with E-state index in [1.165, 1.54) is 18.6 Å². The first-order valence-electron chi connectivity index (χ1n) is 15.1. The minimum atomic E-state index is -3.57. The van der Waals surface area contributed by atoms with Crippen LogP contribution in [0.1, 0.15) is 70.0 Å². The molecule has 2 fully saturated rings. The fraction of sp³-hybridized carbons (Fsp3) is 0.548. The maximum Gasteiger partial charge on any atom is 0.315 e. The molecule has 1 aliphatic heterocycles. The summed E-state index contributed by atoms with van der Waals surface area (Å²) in [6.45, 7) is 3.92. The summed E-state index contributed by atoms with van der Waals surface area (Å²) in [5, 5.41) is 24.0. The van der Waals surface area contributed by atoms with Gasteiger partial charge in [0.15, 0.2) is 0 Å². The zero-order chi connectivity index (χ0) is 31.0. The molecule has 43 heavy (non-hydrogen) atoms. The van der Waals surface area contributed by atoms with E-state index < -0.39 is 22.1 Å². The molecule has 4 N–H and O–H groups in total. The molecule has 1 aliphatic carbocycles. The standard InChI is InChI=1S/C31H44N4O7S/c1-3-42-31(39)20-30(38)35(25-7-5-4-6-8-25)26-12-10-24(11-13-26)34-17-15-23(16-18-34)32-21-29(37)22-9-14-28(36)27(19-22)33-43(2,40)41/h9-14,19,23,25,29,32-33,36-37H,3-8,15-18,20-21H2,1-2H3/t29-/m1/s1. The van der Waals surface area contributed by atoms with Crippen molar-refractivity contribution in [3.8, 4) is 5.75 Å². The van der Waals surface area contributed by atoms with E-state index in [1.807, 2.05) is 24.3 Å². The summed E-state index contributed by atoms with van der Waals surface area (Å²) >= 11 is 0. The lowest BCUT2D eigenvalue weighted by atomic mass is 9.93. The Labute approximate surface area is 254 Å². The summed E-state index contributed by atoms with van der Waals surface area (Å²) in [6.07, 6.45) is 6.78. The predicted octanol–water partition coefficient (Wildman–Crippen LogP) is 3.67. The number of aliphatic hydroxyl groups excluding tert-OH is 1. The molecule has 236 valence electrons. The summed E-state index contributed by atoms with van der Waals surface area (Å²) in [6, 6.07) is 12.7. The number of aliphatic hydroxyl groups is 1. The van der Waals surface area contributed by atoms with Gasteiger partial charge in [-0.3, -0.25) is 14.3 Å². The highest BCUT2D eigenvalue weighted by atomic mass is 32.2. The number of benzene rings is 2. The Bertz CT molecular complexity index is 1340. The number of carbonyl (C=O) groups is 2. The highest BCUT2D eigenvalue weighted by Crippen LogP contribution is 2.31. The number of piperidine rings is 1. The van der Waals surface area contributed by atoms with Gasteiger partial charge in [0.1, 0.15) is 12.2 Å². The number of phenols is 1. The summed E-state index contributed by atoms with van der Waals surface area (Å²) in [7, 11) is -3.57. The minimum Gasteiger partial charge on any atom is -0.506 e. The van der Waals surface area contributed by atoms with Gasteiger partial charge >= 0.3 is 5.97 Å². The van der Waals surface area contributed by atoms with Crippen LogP contribution >= 0.6 is 0 Å². The quantitative estimate of drug-likeness (QED) is 0.159. The van der Waals surface area contributed by atoms with Crippen LogP contribution in [0.2, 0.25) is 0 Å². The lowest BCUT2D eigenvalue weighted by Crippen LogP contribution is -2.44. The van der Waals surface area contributed by atoms with Crippen molar-refractivity contribution >= 4 is 39.0 Å². The maximum atomic E-state index is 13.2. The van der Waals surface area contributed by atoms with Gasteiger partial charge in [-0.25, -0.2) is 8.42 Å². The number of anilines is 3. The zero-order valence-electron chi connectivity index (χ0n) is 25.0. The average Bonchev–Trinajstić information content (AvgIpc) is 2.98. The maximum absolute atomic E-state index is 13.2. The van der Waals surface area contributed by atoms with Gasteiger partial charge in [0, 0.05) is 43.1 Å². The minimum absolute atomic E-state index is 0.0311. The Morgan fingerprint density at radius 3 is 2.35 bits per heavy atom. The molecule has 1 amide bonds. The monoisotopic (exact) mass is 616 g/mol. The van der Waals surface area contributed by atoms with Crippen molar-refractivity contribution in [2.45, 2.75) is 76.5 Å². The lowest BCUT2D eigenvalue weighted by molar-refractivity contribution is -0.145. The first-order chi connectivity index (χ1) is 20.5. The van der Waals surface area contributed by atoms with Gasteiger partial charge in [0.2, 0.25) is 15.9 Å². The van der Waals surface area contributed by atoms with Crippen molar-refractivity contribution in [1.29, 1.82) is 0 Å². The number of nitrogens with zero attached hydrogens (tertiary/aromatic N) is 2. The molecule has 1 saturated heterocycles. The van der Waals surface area contributed by atoms with Gasteiger partial charge in [0.25, 0.3) is 0 Å². The topological polar surface area (TPSA) is 149 Å². The molecule has 2 aromatic carbocycles. The highest BCUT2D eigenvalue weighted by molar-refractivity contribution is 7.92. The van der Waals surface area contributed by atoms with Crippen molar-refractivity contribution in [1.82, 2.24) is 5.32 Å². The third kappa shape index (κ3) is 9.32. The van der Waals surface area contributed by atoms with E-state index >= 15 is 0 Å². The number of phenolic OH excluding ortho intramolecular Hbond substituents is 1. The smallest absolute Gasteiger partial charge is 0.315 e. The van der Waals surface area contributed by atoms with Crippen molar-refractivity contribution in [3.63, 3.8) is 0 Å². The first-order valence-corrected chi connectivity index (χ1v) is 17.0. The number of rotatable bonds is 12. The van der Waals surface area contributed by atoms with Gasteiger partial charge in [-0.15, -0.1) is 0 Å². The average molecular weight is 617 g/mol. The molecule has 0 spiro atoms. The van der Waals surface area contributed by atoms with Gasteiger partial charge in [-0.1, -0.05) is 25.3 Å². The molecule has 0 radical (unpaired) electrons. The van der Waals surface area contributed by atoms with Crippen LogP contribution in [0, 0.1) is 0 Å². The van der Waals surface area contributed by atoms with Gasteiger partial charge in [0.05, 0.1) is 24.7 Å². The third-order valence-electron chi connectivity index (χ3n) is 8.10. The van der Waals surface area contributed by atoms with E-state index in [0.717, 1.165) is 69.2 Å². The number of hydrogen-bond donors (Lipinski definition) is 4. The van der Waals surface area contributed by atoms with Crippen LogP contribution in [0.15, 0.2) is 42.5 Å². The van der Waals surface area contributed by atoms with E-state index in [1.54, 1.807) is 17.9 Å². The van der Waals surface area contributed by atoms with Crippen LogP contribution < -0.4 is 19.8 Å². The molecule has 0 bridgehead atoms. The van der Waals surface area contributed by atoms with Crippen LogP contribution in [0.3, 0.4) is 0 Å². The van der Waals surface area contributed by atoms with E-state index in [4.69, 9.17) is 4.74 Å². The first kappa shape index (κ1) is 32.6. The van der Waals surface area contributed by atoms with E-state index in [9.17, 15) is 28.2 Å². The molecule has 4 rings (SSSR count). The molecule has 1 heterocycles. The lowest BCUT2D eigenvalue weighted by Gasteiger charge is -2.36. The Morgan fingerprint density at radius 1 is 1.05 bits per heavy atom. The Kier molecular flexibility index (Phi) is 11.3. The second kappa shape index (κ2) is 14.9. The van der Waals surface area contributed by atoms with Crippen LogP contribution in [-0.2, 0) is 24.3 Å². The molecular formula is C31H44N4O7S. The molecule has 12 heteroatoms. The summed E-state index contributed by atoms with van der Waals surface area (Å²) < 4.78 is 30.4. The van der Waals surface area contributed by atoms with Gasteiger partial charge in [-0.2, -0.15) is 0 Å². The molecule has 2 aliphatic rings. The van der Waals surface area contributed by atoms with Crippen LogP contribution in [0.25, 0.3) is 0 Å². The molecule has 1 saturated carbocycles. The normalized spacial score (nSPS) is 17.3. The van der Waals surface area contributed by atoms with Gasteiger partial charge < -0.3 is 30.1 Å². The number of carbonyl (C=O) groups excluding carboxylic acids is 2. The fourth-order valence-electron chi connectivity index (χ4n) is 5.92. The number of sulfonamides is 1. The summed E-state index contributed by atoms with van der Waals surface area (Å²) in [5.74, 6) is -0.923. The zero-order valence-corrected chi connectivity index (χ0v) is 25.8. The fourth-order valence-corrected chi connectivity index (χ4v) is 6.49.